The van der Waals surface area contributed by atoms with Gasteiger partial charge in [0, 0.05) is 19.2 Å². The van der Waals surface area contributed by atoms with E-state index in [0.717, 1.165) is 16.9 Å². The van der Waals surface area contributed by atoms with Crippen LogP contribution in [0.2, 0.25) is 4.34 Å². The van der Waals surface area contributed by atoms with Crippen LogP contribution in [0.3, 0.4) is 0 Å². The molecule has 1 fully saturated rings. The van der Waals surface area contributed by atoms with E-state index in [1.165, 1.54) is 0 Å². The Morgan fingerprint density at radius 3 is 2.46 bits per heavy atom. The van der Waals surface area contributed by atoms with E-state index in [1.54, 1.807) is 29.2 Å². The number of piperidine rings is 1. The zero-order valence-corrected chi connectivity index (χ0v) is 16.7. The molecule has 0 saturated carbocycles. The molecule has 0 bridgehead atoms. The minimum atomic E-state index is -0.386. The molecule has 2 aromatic rings. The van der Waals surface area contributed by atoms with Crippen LogP contribution < -0.4 is 0 Å². The van der Waals surface area contributed by atoms with Gasteiger partial charge in [-0.25, -0.2) is 0 Å². The second-order valence-corrected chi connectivity index (χ2v) is 8.19. The van der Waals surface area contributed by atoms with Gasteiger partial charge in [0.1, 0.15) is 0 Å². The lowest BCUT2D eigenvalue weighted by Gasteiger charge is -2.30. The Kier molecular flexibility index (Phi) is 7.01. The van der Waals surface area contributed by atoms with Crippen molar-refractivity contribution in [2.75, 3.05) is 19.7 Å². The second kappa shape index (κ2) is 9.66. The van der Waals surface area contributed by atoms with E-state index < -0.39 is 0 Å². The van der Waals surface area contributed by atoms with Crippen molar-refractivity contribution in [3.63, 3.8) is 0 Å². The topological polar surface area (TPSA) is 63.7 Å². The summed E-state index contributed by atoms with van der Waals surface area (Å²) >= 11 is 6.97. The molecule has 146 valence electrons. The van der Waals surface area contributed by atoms with Gasteiger partial charge in [-0.15, -0.1) is 11.3 Å². The molecule has 0 aliphatic carbocycles. The Morgan fingerprint density at radius 2 is 1.82 bits per heavy atom. The number of carbonyl (C=O) groups excluding carboxylic acids is 3. The molecule has 1 saturated heterocycles. The van der Waals surface area contributed by atoms with Crippen LogP contribution in [0.15, 0.2) is 48.5 Å². The average molecular weight is 418 g/mol. The Hall–Kier alpha value is -2.44. The standard InChI is InChI=1S/C21H20ClNO4S/c22-19-8-7-18(28-19)17(24)14-27-21(26)16-10-12-23(13-11-16)20(25)9-6-15-4-2-1-3-5-15/h1-9,16H,10-14H2/b9-6+. The normalized spacial score (nSPS) is 15.0. The molecule has 0 atom stereocenters. The molecular weight excluding hydrogens is 398 g/mol. The summed E-state index contributed by atoms with van der Waals surface area (Å²) in [6, 6.07) is 12.9. The van der Waals surface area contributed by atoms with Crippen LogP contribution in [0, 0.1) is 5.92 Å². The van der Waals surface area contributed by atoms with Crippen molar-refractivity contribution in [3.8, 4) is 0 Å². The van der Waals surface area contributed by atoms with Gasteiger partial charge in [0.05, 0.1) is 15.1 Å². The molecule has 0 N–H and O–H groups in total. The molecule has 3 rings (SSSR count). The lowest BCUT2D eigenvalue weighted by atomic mass is 9.97. The lowest BCUT2D eigenvalue weighted by molar-refractivity contribution is -0.150. The first kappa shape index (κ1) is 20.3. The highest BCUT2D eigenvalue weighted by Crippen LogP contribution is 2.23. The Morgan fingerprint density at radius 1 is 1.11 bits per heavy atom. The largest absolute Gasteiger partial charge is 0.457 e. The number of rotatable bonds is 6. The SMILES string of the molecule is O=C(COC(=O)C1CCN(C(=O)/C=C/c2ccccc2)CC1)c1ccc(Cl)s1. The van der Waals surface area contributed by atoms with Gasteiger partial charge in [-0.1, -0.05) is 41.9 Å². The predicted molar refractivity (Wildman–Crippen MR) is 109 cm³/mol. The fraction of sp³-hybridized carbons (Fsp3) is 0.286. The van der Waals surface area contributed by atoms with E-state index in [1.807, 2.05) is 30.3 Å². The van der Waals surface area contributed by atoms with Crippen LogP contribution in [0.1, 0.15) is 28.1 Å². The van der Waals surface area contributed by atoms with Gasteiger partial charge < -0.3 is 9.64 Å². The third-order valence-corrected chi connectivity index (χ3v) is 5.82. The van der Waals surface area contributed by atoms with Gasteiger partial charge in [0.15, 0.2) is 6.61 Å². The summed E-state index contributed by atoms with van der Waals surface area (Å²) in [5.41, 5.74) is 0.964. The van der Waals surface area contributed by atoms with Gasteiger partial charge >= 0.3 is 5.97 Å². The summed E-state index contributed by atoms with van der Waals surface area (Å²) in [5.74, 6) is -1.01. The van der Waals surface area contributed by atoms with E-state index in [9.17, 15) is 14.4 Å². The van der Waals surface area contributed by atoms with Crippen molar-refractivity contribution in [3.05, 3.63) is 63.3 Å². The van der Waals surface area contributed by atoms with Gasteiger partial charge in [-0.3, -0.25) is 14.4 Å². The Bertz CT molecular complexity index is 870. The molecule has 1 aromatic carbocycles. The van der Waals surface area contributed by atoms with Crippen molar-refractivity contribution in [1.29, 1.82) is 0 Å². The zero-order valence-electron chi connectivity index (χ0n) is 15.2. The maximum atomic E-state index is 12.3. The van der Waals surface area contributed by atoms with E-state index >= 15 is 0 Å². The van der Waals surface area contributed by atoms with Crippen molar-refractivity contribution in [2.45, 2.75) is 12.8 Å². The van der Waals surface area contributed by atoms with E-state index in [2.05, 4.69) is 0 Å². The summed E-state index contributed by atoms with van der Waals surface area (Å²) in [7, 11) is 0. The summed E-state index contributed by atoms with van der Waals surface area (Å²) < 4.78 is 5.69. The smallest absolute Gasteiger partial charge is 0.309 e. The Labute approximate surface area is 172 Å². The summed E-state index contributed by atoms with van der Waals surface area (Å²) in [6.07, 6.45) is 4.40. The van der Waals surface area contributed by atoms with Crippen LogP contribution in [0.5, 0.6) is 0 Å². The molecule has 1 amide bonds. The number of ketones is 1. The number of hydrogen-bond donors (Lipinski definition) is 0. The molecule has 1 aliphatic heterocycles. The predicted octanol–water partition coefficient (Wildman–Crippen LogP) is 4.08. The molecule has 0 spiro atoms. The fourth-order valence-corrected chi connectivity index (χ4v) is 3.93. The van der Waals surface area contributed by atoms with Crippen molar-refractivity contribution >= 4 is 46.7 Å². The number of nitrogens with zero attached hydrogens (tertiary/aromatic N) is 1. The number of likely N-dealkylation sites (tertiary alicyclic amines) is 1. The maximum Gasteiger partial charge on any atom is 0.309 e. The van der Waals surface area contributed by atoms with Crippen molar-refractivity contribution in [1.82, 2.24) is 4.90 Å². The fourth-order valence-electron chi connectivity index (χ4n) is 2.96. The molecule has 2 heterocycles. The molecule has 28 heavy (non-hydrogen) atoms. The summed E-state index contributed by atoms with van der Waals surface area (Å²) in [6.45, 7) is 0.701. The van der Waals surface area contributed by atoms with Crippen LogP contribution in [-0.2, 0) is 14.3 Å². The van der Waals surface area contributed by atoms with E-state index in [4.69, 9.17) is 16.3 Å². The van der Waals surface area contributed by atoms with Gasteiger partial charge in [0.2, 0.25) is 11.7 Å². The Balaban J connectivity index is 1.43. The first-order chi connectivity index (χ1) is 13.5. The van der Waals surface area contributed by atoms with Crippen molar-refractivity contribution < 1.29 is 19.1 Å². The van der Waals surface area contributed by atoms with Gasteiger partial charge in [0.25, 0.3) is 0 Å². The first-order valence-electron chi connectivity index (χ1n) is 9.00. The molecule has 0 radical (unpaired) electrons. The lowest BCUT2D eigenvalue weighted by Crippen LogP contribution is -2.40. The maximum absolute atomic E-state index is 12.3. The van der Waals surface area contributed by atoms with E-state index in [-0.39, 0.29) is 30.2 Å². The monoisotopic (exact) mass is 417 g/mol. The van der Waals surface area contributed by atoms with Crippen molar-refractivity contribution in [2.24, 2.45) is 5.92 Å². The highest BCUT2D eigenvalue weighted by Gasteiger charge is 2.28. The van der Waals surface area contributed by atoms with Crippen LogP contribution in [-0.4, -0.2) is 42.3 Å². The number of esters is 1. The third kappa shape index (κ3) is 5.53. The second-order valence-electron chi connectivity index (χ2n) is 6.48. The number of hydrogen-bond acceptors (Lipinski definition) is 5. The number of benzene rings is 1. The summed E-state index contributed by atoms with van der Waals surface area (Å²) in [5, 5.41) is 0. The minimum Gasteiger partial charge on any atom is -0.457 e. The molecular formula is C21H20ClNO4S. The van der Waals surface area contributed by atoms with E-state index in [0.29, 0.717) is 35.1 Å². The molecule has 0 unspecified atom stereocenters. The van der Waals surface area contributed by atoms with Crippen LogP contribution in [0.25, 0.3) is 6.08 Å². The minimum absolute atomic E-state index is 0.0691. The number of amides is 1. The number of carbonyl (C=O) groups is 3. The number of thiophene rings is 1. The first-order valence-corrected chi connectivity index (χ1v) is 10.2. The quantitative estimate of drug-likeness (QED) is 0.403. The van der Waals surface area contributed by atoms with Crippen LogP contribution >= 0.6 is 22.9 Å². The molecule has 1 aliphatic rings. The van der Waals surface area contributed by atoms with Gasteiger partial charge in [-0.2, -0.15) is 0 Å². The highest BCUT2D eigenvalue weighted by atomic mass is 35.5. The molecule has 7 heteroatoms. The number of ether oxygens (including phenoxy) is 1. The van der Waals surface area contributed by atoms with Gasteiger partial charge in [-0.05, 0) is 36.6 Å². The highest BCUT2D eigenvalue weighted by molar-refractivity contribution is 7.18. The summed E-state index contributed by atoms with van der Waals surface area (Å²) in [4.78, 5) is 38.7. The average Bonchev–Trinajstić information content (AvgIpc) is 3.17. The van der Waals surface area contributed by atoms with Crippen LogP contribution in [0.4, 0.5) is 0 Å². The number of Topliss-reactive ketones (excluding diaryl/α,β-unsaturated/α-hetero) is 1. The zero-order chi connectivity index (χ0) is 19.9. The third-order valence-electron chi connectivity index (χ3n) is 4.55. The molecule has 1 aromatic heterocycles. The number of halogens is 1. The molecule has 5 nitrogen and oxygen atoms in total.